The number of hydrogen-bond donors (Lipinski definition) is 1. The molecule has 0 spiro atoms. The summed E-state index contributed by atoms with van der Waals surface area (Å²) < 4.78 is 14.3. The van der Waals surface area contributed by atoms with Gasteiger partial charge in [-0.3, -0.25) is 0 Å². The predicted octanol–water partition coefficient (Wildman–Crippen LogP) is 5.46. The number of carbonyl (C=O) groups is 1. The molecule has 0 bridgehead atoms. The van der Waals surface area contributed by atoms with Gasteiger partial charge in [0.2, 0.25) is 0 Å². The van der Waals surface area contributed by atoms with Gasteiger partial charge in [-0.05, 0) is 18.9 Å². The minimum absolute atomic E-state index is 0.409. The van der Waals surface area contributed by atoms with Gasteiger partial charge in [0, 0.05) is 6.20 Å². The second kappa shape index (κ2) is 12.8. The van der Waals surface area contributed by atoms with E-state index in [1.807, 2.05) is 0 Å². The minimum Gasteiger partial charge on any atom is -0.476 e. The third-order valence-electron chi connectivity index (χ3n) is 4.23. The fourth-order valence-corrected chi connectivity index (χ4v) is 2.80. The summed E-state index contributed by atoms with van der Waals surface area (Å²) in [6.45, 7) is 2.65. The molecule has 0 saturated heterocycles. The topological polar surface area (TPSA) is 51.5 Å². The van der Waals surface area contributed by atoms with Crippen molar-refractivity contribution < 1.29 is 19.1 Å². The molecule has 1 N–H and O–H groups in total. The summed E-state index contributed by atoms with van der Waals surface area (Å²) in [5.41, 5.74) is -0.436. The van der Waals surface area contributed by atoms with Gasteiger partial charge < -0.3 is 9.94 Å². The number of rotatable bonds is 15. The number of nitrogens with zero attached hydrogens (tertiary/aromatic N) is 1. The first-order chi connectivity index (χ1) is 11.7. The molecule has 0 aromatic carbocycles. The van der Waals surface area contributed by atoms with Crippen molar-refractivity contribution in [3.8, 4) is 0 Å². The van der Waals surface area contributed by atoms with Gasteiger partial charge >= 0.3 is 5.97 Å². The van der Waals surface area contributed by atoms with Gasteiger partial charge in [-0.1, -0.05) is 71.1 Å². The molecule has 0 aliphatic heterocycles. The number of carboxylic acid groups (broad SMARTS) is 1. The van der Waals surface area contributed by atoms with Crippen LogP contribution in [-0.4, -0.2) is 22.4 Å². The lowest BCUT2D eigenvalue weighted by Gasteiger charge is -2.08. The summed E-state index contributed by atoms with van der Waals surface area (Å²) in [6.07, 6.45) is 16.4. The van der Waals surface area contributed by atoms with E-state index < -0.39 is 17.5 Å². The molecule has 0 aliphatic rings. The van der Waals surface area contributed by atoms with Crippen LogP contribution in [0.3, 0.4) is 0 Å². The molecule has 1 heterocycles. The Hall–Kier alpha value is -1.52. The molecule has 4 nitrogen and oxygen atoms in total. The maximum Gasteiger partial charge on any atom is 0.359 e. The van der Waals surface area contributed by atoms with E-state index in [1.54, 1.807) is 0 Å². The fraction of sp³-hybridized carbons (Fsp3) is 0.737. The third-order valence-corrected chi connectivity index (χ3v) is 4.23. The predicted molar refractivity (Wildman–Crippen MR) is 93.9 cm³/mol. The lowest BCUT2D eigenvalue weighted by Crippen LogP contribution is -2.18. The quantitative estimate of drug-likeness (QED) is 0.431. The molecule has 0 aliphatic carbocycles. The highest BCUT2D eigenvalue weighted by Gasteiger charge is 2.17. The molecule has 5 heteroatoms. The largest absolute Gasteiger partial charge is 0.476 e. The lowest BCUT2D eigenvalue weighted by atomic mass is 10.1. The highest BCUT2D eigenvalue weighted by molar-refractivity contribution is 5.86. The zero-order chi connectivity index (χ0) is 17.6. The van der Waals surface area contributed by atoms with E-state index in [0.717, 1.165) is 23.6 Å². The zero-order valence-corrected chi connectivity index (χ0v) is 14.9. The van der Waals surface area contributed by atoms with Crippen molar-refractivity contribution in [1.29, 1.82) is 0 Å². The molecule has 0 atom stereocenters. The summed E-state index contributed by atoms with van der Waals surface area (Å²) in [5, 5.41) is 8.90. The van der Waals surface area contributed by atoms with Crippen LogP contribution < -0.4 is 4.84 Å². The van der Waals surface area contributed by atoms with Crippen LogP contribution >= 0.6 is 0 Å². The van der Waals surface area contributed by atoms with E-state index in [-0.39, 0.29) is 0 Å². The van der Waals surface area contributed by atoms with E-state index in [9.17, 15) is 9.18 Å². The summed E-state index contributed by atoms with van der Waals surface area (Å²) in [7, 11) is 0. The van der Waals surface area contributed by atoms with Crippen LogP contribution in [0.25, 0.3) is 0 Å². The molecule has 24 heavy (non-hydrogen) atoms. The molecule has 0 radical (unpaired) electrons. The van der Waals surface area contributed by atoms with Crippen LogP contribution in [0, 0.1) is 5.82 Å². The van der Waals surface area contributed by atoms with Crippen LogP contribution in [-0.2, 0) is 0 Å². The maximum absolute atomic E-state index is 13.2. The Morgan fingerprint density at radius 3 is 2.00 bits per heavy atom. The van der Waals surface area contributed by atoms with E-state index >= 15 is 0 Å². The van der Waals surface area contributed by atoms with Crippen molar-refractivity contribution >= 4 is 5.97 Å². The Labute approximate surface area is 145 Å². The number of aromatic nitrogens is 1. The summed E-state index contributed by atoms with van der Waals surface area (Å²) in [4.78, 5) is 16.2. The molecule has 1 aromatic heterocycles. The number of hydrogen-bond acceptors (Lipinski definition) is 2. The van der Waals surface area contributed by atoms with E-state index in [0.29, 0.717) is 6.61 Å². The normalized spacial score (nSPS) is 10.9. The van der Waals surface area contributed by atoms with Crippen LogP contribution in [0.2, 0.25) is 0 Å². The molecule has 0 saturated carbocycles. The first-order valence-corrected chi connectivity index (χ1v) is 9.40. The Bertz CT molecular complexity index is 459. The highest BCUT2D eigenvalue weighted by Crippen LogP contribution is 2.12. The van der Waals surface area contributed by atoms with Gasteiger partial charge in [0.15, 0.2) is 11.5 Å². The molecule has 1 aromatic rings. The van der Waals surface area contributed by atoms with Gasteiger partial charge in [0.05, 0.1) is 0 Å². The average molecular weight is 341 g/mol. The van der Waals surface area contributed by atoms with Gasteiger partial charge in [-0.2, -0.15) is 4.73 Å². The minimum atomic E-state index is -1.31. The molecule has 138 valence electrons. The Morgan fingerprint density at radius 2 is 1.50 bits per heavy atom. The van der Waals surface area contributed by atoms with Crippen LogP contribution in [0.15, 0.2) is 12.3 Å². The summed E-state index contributed by atoms with van der Waals surface area (Å²) >= 11 is 0. The van der Waals surface area contributed by atoms with Crippen molar-refractivity contribution in [3.05, 3.63) is 23.8 Å². The average Bonchev–Trinajstić information content (AvgIpc) is 2.92. The van der Waals surface area contributed by atoms with Crippen molar-refractivity contribution in [1.82, 2.24) is 4.73 Å². The van der Waals surface area contributed by atoms with Gasteiger partial charge in [-0.25, -0.2) is 9.18 Å². The van der Waals surface area contributed by atoms with Crippen LogP contribution in [0.1, 0.15) is 94.5 Å². The third kappa shape index (κ3) is 8.37. The molecule has 0 fully saturated rings. The summed E-state index contributed by atoms with van der Waals surface area (Å²) in [5.74, 6) is -2.08. The zero-order valence-electron chi connectivity index (χ0n) is 14.9. The van der Waals surface area contributed by atoms with Gasteiger partial charge in [0.1, 0.15) is 6.61 Å². The SMILES string of the molecule is CCCCCCCCCCCCCCOn1ccc(F)c1C(=O)O. The smallest absolute Gasteiger partial charge is 0.359 e. The first-order valence-electron chi connectivity index (χ1n) is 9.40. The van der Waals surface area contributed by atoms with Crippen molar-refractivity contribution in [2.45, 2.75) is 84.0 Å². The number of aromatic carboxylic acids is 1. The lowest BCUT2D eigenvalue weighted by molar-refractivity contribution is 0.0578. The highest BCUT2D eigenvalue weighted by atomic mass is 19.1. The van der Waals surface area contributed by atoms with Gasteiger partial charge in [-0.15, -0.1) is 0 Å². The second-order valence-corrected chi connectivity index (χ2v) is 6.37. The molecule has 1 rings (SSSR count). The number of carboxylic acids is 1. The summed E-state index contributed by atoms with van der Waals surface area (Å²) in [6, 6.07) is 1.10. The van der Waals surface area contributed by atoms with Crippen LogP contribution in [0.4, 0.5) is 4.39 Å². The monoisotopic (exact) mass is 341 g/mol. The van der Waals surface area contributed by atoms with Crippen molar-refractivity contribution in [2.75, 3.05) is 6.61 Å². The first kappa shape index (κ1) is 20.5. The second-order valence-electron chi connectivity index (χ2n) is 6.37. The fourth-order valence-electron chi connectivity index (χ4n) is 2.80. The Kier molecular flexibility index (Phi) is 11.0. The molecular formula is C19H32FNO3. The Balaban J connectivity index is 1.93. The molecule has 0 amide bonds. The van der Waals surface area contributed by atoms with E-state index in [1.165, 1.54) is 70.4 Å². The van der Waals surface area contributed by atoms with E-state index in [2.05, 4.69) is 6.92 Å². The van der Waals surface area contributed by atoms with Gasteiger partial charge in [0.25, 0.3) is 0 Å². The molecular weight excluding hydrogens is 309 g/mol. The Morgan fingerprint density at radius 1 is 1.00 bits per heavy atom. The molecule has 0 unspecified atom stereocenters. The van der Waals surface area contributed by atoms with Crippen molar-refractivity contribution in [2.24, 2.45) is 0 Å². The van der Waals surface area contributed by atoms with Crippen molar-refractivity contribution in [3.63, 3.8) is 0 Å². The maximum atomic E-state index is 13.2. The van der Waals surface area contributed by atoms with E-state index in [4.69, 9.17) is 9.94 Å². The van der Waals surface area contributed by atoms with Crippen LogP contribution in [0.5, 0.6) is 0 Å². The number of halogens is 1. The number of unbranched alkanes of at least 4 members (excludes halogenated alkanes) is 11. The standard InChI is InChI=1S/C19H32FNO3/c1-2-3-4-5-6-7-8-9-10-11-12-13-16-24-21-15-14-17(20)18(21)19(22)23/h14-15H,2-13,16H2,1H3,(H,22,23).